The zero-order chi connectivity index (χ0) is 16.9. The predicted octanol–water partition coefficient (Wildman–Crippen LogP) is 2.89. The van der Waals surface area contributed by atoms with Crippen molar-refractivity contribution in [2.24, 2.45) is 0 Å². The van der Waals surface area contributed by atoms with Gasteiger partial charge in [-0.1, -0.05) is 17.7 Å². The van der Waals surface area contributed by atoms with E-state index in [4.69, 9.17) is 16.3 Å². The number of likely N-dealkylation sites (tertiary alicyclic amines) is 1. The van der Waals surface area contributed by atoms with Crippen molar-refractivity contribution in [3.8, 4) is 5.75 Å². The summed E-state index contributed by atoms with van der Waals surface area (Å²) in [6.07, 6.45) is 1.16. The number of hydrogen-bond acceptors (Lipinski definition) is 3. The van der Waals surface area contributed by atoms with Gasteiger partial charge in [0.05, 0.1) is 0 Å². The normalized spacial score (nSPS) is 18.7. The molecule has 0 radical (unpaired) electrons. The van der Waals surface area contributed by atoms with Crippen molar-refractivity contribution >= 4 is 17.6 Å². The quantitative estimate of drug-likeness (QED) is 0.867. The second kappa shape index (κ2) is 7.88. The first-order valence-corrected chi connectivity index (χ1v) is 8.40. The fourth-order valence-corrected chi connectivity index (χ4v) is 2.72. The highest BCUT2D eigenvalue weighted by Crippen LogP contribution is 2.21. The second-order valence-electron chi connectivity index (χ2n) is 6.92. The summed E-state index contributed by atoms with van der Waals surface area (Å²) in [5, 5.41) is 6.46. The Bertz CT molecular complexity index is 531. The Morgan fingerprint density at radius 2 is 2.22 bits per heavy atom. The Labute approximate surface area is 143 Å². The zero-order valence-corrected chi connectivity index (χ0v) is 14.8. The number of nitrogens with zero attached hydrogens (tertiary/aromatic N) is 1. The summed E-state index contributed by atoms with van der Waals surface area (Å²) in [6.45, 7) is 9.20. The van der Waals surface area contributed by atoms with Crippen molar-refractivity contribution in [1.29, 1.82) is 0 Å². The van der Waals surface area contributed by atoms with Crippen molar-refractivity contribution in [2.45, 2.75) is 38.8 Å². The molecule has 0 bridgehead atoms. The zero-order valence-electron chi connectivity index (χ0n) is 14.1. The van der Waals surface area contributed by atoms with Crippen LogP contribution < -0.4 is 15.4 Å². The van der Waals surface area contributed by atoms with Crippen LogP contribution in [0.2, 0.25) is 5.02 Å². The van der Waals surface area contributed by atoms with E-state index in [-0.39, 0.29) is 17.7 Å². The Kier molecular flexibility index (Phi) is 6.13. The molecule has 1 fully saturated rings. The number of halogens is 1. The summed E-state index contributed by atoms with van der Waals surface area (Å²) in [6, 6.07) is 7.37. The number of ether oxygens (including phenoxy) is 1. The molecule has 1 aliphatic rings. The van der Waals surface area contributed by atoms with Crippen LogP contribution >= 0.6 is 11.6 Å². The van der Waals surface area contributed by atoms with E-state index in [1.165, 1.54) is 0 Å². The van der Waals surface area contributed by atoms with Gasteiger partial charge in [-0.25, -0.2) is 4.79 Å². The molecule has 5 nitrogen and oxygen atoms in total. The first-order valence-electron chi connectivity index (χ1n) is 8.02. The van der Waals surface area contributed by atoms with E-state index >= 15 is 0 Å². The van der Waals surface area contributed by atoms with Crippen LogP contribution in [0.5, 0.6) is 5.75 Å². The molecule has 128 valence electrons. The molecule has 1 aromatic carbocycles. The molecule has 1 aromatic rings. The minimum atomic E-state index is -0.215. The standard InChI is InChI=1S/C17H26ClN3O2/c1-17(2,3)20-16(22)19-8-10-21-9-7-15(12-21)23-14-6-4-5-13(18)11-14/h4-6,11,15H,7-10,12H2,1-3H3,(H2,19,20,22)/t15-/m0/s1. The van der Waals surface area contributed by atoms with Crippen LogP contribution in [-0.4, -0.2) is 48.8 Å². The summed E-state index contributed by atoms with van der Waals surface area (Å²) in [5.74, 6) is 0.812. The number of rotatable bonds is 5. The third kappa shape index (κ3) is 6.67. The first-order chi connectivity index (χ1) is 10.8. The lowest BCUT2D eigenvalue weighted by Gasteiger charge is -2.22. The summed E-state index contributed by atoms with van der Waals surface area (Å²) < 4.78 is 5.95. The Balaban J connectivity index is 1.66. The Morgan fingerprint density at radius 3 is 2.91 bits per heavy atom. The van der Waals surface area contributed by atoms with Gasteiger partial charge in [0.2, 0.25) is 0 Å². The third-order valence-corrected chi connectivity index (χ3v) is 3.77. The van der Waals surface area contributed by atoms with Gasteiger partial charge in [-0.2, -0.15) is 0 Å². The molecule has 2 N–H and O–H groups in total. The van der Waals surface area contributed by atoms with Gasteiger partial charge in [0.1, 0.15) is 11.9 Å². The van der Waals surface area contributed by atoms with Gasteiger partial charge in [0.15, 0.2) is 0 Å². The average molecular weight is 340 g/mol. The molecule has 1 aliphatic heterocycles. The predicted molar refractivity (Wildman–Crippen MR) is 93.2 cm³/mol. The van der Waals surface area contributed by atoms with Crippen LogP contribution in [0.15, 0.2) is 24.3 Å². The molecule has 2 rings (SSSR count). The van der Waals surface area contributed by atoms with E-state index in [0.717, 1.165) is 31.8 Å². The SMILES string of the molecule is CC(C)(C)NC(=O)NCCN1CC[C@H](Oc2cccc(Cl)c2)C1. The highest BCUT2D eigenvalue weighted by Gasteiger charge is 2.23. The fourth-order valence-electron chi connectivity index (χ4n) is 2.54. The lowest BCUT2D eigenvalue weighted by molar-refractivity contribution is 0.199. The Morgan fingerprint density at radius 1 is 1.43 bits per heavy atom. The van der Waals surface area contributed by atoms with Crippen LogP contribution in [0.3, 0.4) is 0 Å². The average Bonchev–Trinajstić information content (AvgIpc) is 2.84. The van der Waals surface area contributed by atoms with Gasteiger partial charge in [-0.05, 0) is 45.4 Å². The van der Waals surface area contributed by atoms with Crippen molar-refractivity contribution in [2.75, 3.05) is 26.2 Å². The third-order valence-electron chi connectivity index (χ3n) is 3.53. The largest absolute Gasteiger partial charge is 0.489 e. The molecule has 0 aromatic heterocycles. The number of benzene rings is 1. The van der Waals surface area contributed by atoms with E-state index in [1.54, 1.807) is 0 Å². The van der Waals surface area contributed by atoms with E-state index in [9.17, 15) is 4.79 Å². The molecule has 0 unspecified atom stereocenters. The number of carbonyl (C=O) groups is 1. The molecule has 1 heterocycles. The minimum absolute atomic E-state index is 0.122. The van der Waals surface area contributed by atoms with Gasteiger partial charge in [0.25, 0.3) is 0 Å². The van der Waals surface area contributed by atoms with Gasteiger partial charge >= 0.3 is 6.03 Å². The van der Waals surface area contributed by atoms with Crippen LogP contribution in [-0.2, 0) is 0 Å². The van der Waals surface area contributed by atoms with Crippen LogP contribution in [0.4, 0.5) is 4.79 Å². The van der Waals surface area contributed by atoms with Crippen molar-refractivity contribution in [3.63, 3.8) is 0 Å². The molecular formula is C17H26ClN3O2. The highest BCUT2D eigenvalue weighted by molar-refractivity contribution is 6.30. The lowest BCUT2D eigenvalue weighted by Crippen LogP contribution is -2.48. The number of hydrogen-bond donors (Lipinski definition) is 2. The maximum Gasteiger partial charge on any atom is 0.315 e. The first kappa shape index (κ1) is 17.9. The lowest BCUT2D eigenvalue weighted by atomic mass is 10.1. The number of urea groups is 1. The van der Waals surface area contributed by atoms with E-state index in [0.29, 0.717) is 11.6 Å². The summed E-state index contributed by atoms with van der Waals surface area (Å²) >= 11 is 5.97. The molecule has 1 saturated heterocycles. The highest BCUT2D eigenvalue weighted by atomic mass is 35.5. The van der Waals surface area contributed by atoms with Gasteiger partial charge in [-0.3, -0.25) is 4.90 Å². The van der Waals surface area contributed by atoms with Crippen molar-refractivity contribution in [1.82, 2.24) is 15.5 Å². The molecule has 2 amide bonds. The minimum Gasteiger partial charge on any atom is -0.489 e. The smallest absolute Gasteiger partial charge is 0.315 e. The van der Waals surface area contributed by atoms with E-state index < -0.39 is 0 Å². The van der Waals surface area contributed by atoms with Gasteiger partial charge in [0, 0.05) is 36.7 Å². The van der Waals surface area contributed by atoms with Crippen LogP contribution in [0.1, 0.15) is 27.2 Å². The summed E-state index contributed by atoms with van der Waals surface area (Å²) in [7, 11) is 0. The molecule has 0 saturated carbocycles. The van der Waals surface area contributed by atoms with Gasteiger partial charge < -0.3 is 15.4 Å². The van der Waals surface area contributed by atoms with Crippen molar-refractivity contribution < 1.29 is 9.53 Å². The maximum atomic E-state index is 11.7. The number of carbonyl (C=O) groups excluding carboxylic acids is 1. The fraction of sp³-hybridized carbons (Fsp3) is 0.588. The monoisotopic (exact) mass is 339 g/mol. The van der Waals surface area contributed by atoms with E-state index in [1.807, 2.05) is 45.0 Å². The molecule has 23 heavy (non-hydrogen) atoms. The van der Waals surface area contributed by atoms with Crippen molar-refractivity contribution in [3.05, 3.63) is 29.3 Å². The molecular weight excluding hydrogens is 314 g/mol. The molecule has 0 aliphatic carbocycles. The number of nitrogens with one attached hydrogen (secondary N) is 2. The summed E-state index contributed by atoms with van der Waals surface area (Å²) in [5.41, 5.74) is -0.215. The molecule has 1 atom stereocenters. The second-order valence-corrected chi connectivity index (χ2v) is 7.35. The van der Waals surface area contributed by atoms with E-state index in [2.05, 4.69) is 15.5 Å². The summed E-state index contributed by atoms with van der Waals surface area (Å²) in [4.78, 5) is 14.0. The molecule has 6 heteroatoms. The molecule has 0 spiro atoms. The van der Waals surface area contributed by atoms with Crippen LogP contribution in [0, 0.1) is 0 Å². The van der Waals surface area contributed by atoms with Gasteiger partial charge in [-0.15, -0.1) is 0 Å². The number of amides is 2. The maximum absolute atomic E-state index is 11.7. The Hall–Kier alpha value is -1.46. The topological polar surface area (TPSA) is 53.6 Å². The van der Waals surface area contributed by atoms with Crippen LogP contribution in [0.25, 0.3) is 0 Å².